The molecule has 3 aliphatic rings. The van der Waals surface area contributed by atoms with Crippen molar-refractivity contribution in [2.24, 2.45) is 5.92 Å². The van der Waals surface area contributed by atoms with Crippen LogP contribution >= 0.6 is 15.9 Å². The summed E-state index contributed by atoms with van der Waals surface area (Å²) in [5, 5.41) is 27.7. The van der Waals surface area contributed by atoms with Crippen LogP contribution in [-0.2, 0) is 26.5 Å². The van der Waals surface area contributed by atoms with Crippen LogP contribution in [0.3, 0.4) is 0 Å². The molecule has 0 aliphatic carbocycles. The molecule has 4 N–H and O–H groups in total. The predicted octanol–water partition coefficient (Wildman–Crippen LogP) is 3.44. The lowest BCUT2D eigenvalue weighted by Gasteiger charge is -2.28. The largest absolute Gasteiger partial charge is 0.394 e. The van der Waals surface area contributed by atoms with Crippen molar-refractivity contribution < 1.29 is 24.6 Å². The van der Waals surface area contributed by atoms with E-state index >= 15 is 0 Å². The van der Waals surface area contributed by atoms with E-state index < -0.39 is 17.4 Å². The van der Waals surface area contributed by atoms with Crippen LogP contribution in [0.25, 0.3) is 0 Å². The molecule has 3 aliphatic heterocycles. The molecule has 5 rings (SSSR count). The van der Waals surface area contributed by atoms with Crippen LogP contribution in [0.2, 0.25) is 0 Å². The number of carbonyl (C=O) groups is 3. The summed E-state index contributed by atoms with van der Waals surface area (Å²) in [7, 11) is 0. The van der Waals surface area contributed by atoms with Gasteiger partial charge in [-0.3, -0.25) is 14.4 Å². The van der Waals surface area contributed by atoms with E-state index in [0.29, 0.717) is 23.5 Å². The fourth-order valence-corrected chi connectivity index (χ4v) is 6.49. The molecule has 3 heterocycles. The van der Waals surface area contributed by atoms with Gasteiger partial charge in [0.2, 0.25) is 11.8 Å². The molecule has 0 radical (unpaired) electrons. The van der Waals surface area contributed by atoms with E-state index in [2.05, 4.69) is 26.6 Å². The summed E-state index contributed by atoms with van der Waals surface area (Å²) in [6, 6.07) is 12.5. The van der Waals surface area contributed by atoms with Crippen LogP contribution in [0, 0.1) is 5.92 Å². The summed E-state index contributed by atoms with van der Waals surface area (Å²) in [6.45, 7) is 3.41. The molecule has 2 aromatic carbocycles. The van der Waals surface area contributed by atoms with Gasteiger partial charge in [-0.05, 0) is 68.1 Å². The number of hydrogen-bond acceptors (Lipinski definition) is 6. The number of aliphatic hydroxyl groups excluding tert-OH is 1. The molecule has 3 amide bonds. The monoisotopic (exact) mass is 624 g/mol. The van der Waals surface area contributed by atoms with Gasteiger partial charge in [-0.2, -0.15) is 0 Å². The van der Waals surface area contributed by atoms with E-state index in [4.69, 9.17) is 0 Å². The number of fused-ring (bicyclic) bond motifs is 1. The fraction of sp³-hybridized carbons (Fsp3) is 0.452. The van der Waals surface area contributed by atoms with Gasteiger partial charge in [0.05, 0.1) is 30.9 Å². The molecule has 0 saturated carbocycles. The molecule has 2 fully saturated rings. The van der Waals surface area contributed by atoms with Crippen molar-refractivity contribution in [3.63, 3.8) is 0 Å². The van der Waals surface area contributed by atoms with Crippen LogP contribution in [0.4, 0.5) is 11.4 Å². The van der Waals surface area contributed by atoms with E-state index in [9.17, 15) is 24.6 Å². The lowest BCUT2D eigenvalue weighted by Crippen LogP contribution is -2.44. The standard InChI is InChI=1S/C31H37BrN4O5/c1-20(6-2-11-28(38)35-15-5-9-24(35)19-37)31(41)25-17-22(32)12-13-27(25)36(30(31)40)18-21-7-3-8-23(16-21)34-29(39)26-10-4-14-33-26/h2-3,6-8,12-13,16-17,20,24,26,33,37,41H,4-5,9-11,14-15,18-19H2,1H3,(H,34,39)/b6-2+/t20-,24-,26+,31+/m0/s1. The molecule has 0 spiro atoms. The Kier molecular flexibility index (Phi) is 8.94. The summed E-state index contributed by atoms with van der Waals surface area (Å²) < 4.78 is 0.741. The maximum Gasteiger partial charge on any atom is 0.264 e. The van der Waals surface area contributed by atoms with Gasteiger partial charge in [-0.15, -0.1) is 0 Å². The number of halogens is 1. The molecule has 0 aromatic heterocycles. The van der Waals surface area contributed by atoms with Gasteiger partial charge in [0.1, 0.15) is 0 Å². The third-order valence-corrected chi connectivity index (χ3v) is 8.92. The Bertz CT molecular complexity index is 1340. The van der Waals surface area contributed by atoms with Crippen LogP contribution in [0.1, 0.15) is 50.2 Å². The Morgan fingerprint density at radius 2 is 2.05 bits per heavy atom. The first kappa shape index (κ1) is 29.4. The smallest absolute Gasteiger partial charge is 0.264 e. The zero-order chi connectivity index (χ0) is 29.1. The average Bonchev–Trinajstić information content (AvgIpc) is 3.71. The lowest BCUT2D eigenvalue weighted by molar-refractivity contribution is -0.139. The summed E-state index contributed by atoms with van der Waals surface area (Å²) in [5.41, 5.74) is 0.759. The Balaban J connectivity index is 1.33. The van der Waals surface area contributed by atoms with Gasteiger partial charge in [-0.1, -0.05) is 47.1 Å². The molecule has 9 nitrogen and oxygen atoms in total. The second kappa shape index (κ2) is 12.4. The number of anilines is 2. The number of aliphatic hydroxyl groups is 2. The Labute approximate surface area is 248 Å². The number of nitrogens with one attached hydrogen (secondary N) is 2. The molecule has 218 valence electrons. The van der Waals surface area contributed by atoms with Crippen molar-refractivity contribution >= 4 is 45.0 Å². The summed E-state index contributed by atoms with van der Waals surface area (Å²) >= 11 is 3.48. The van der Waals surface area contributed by atoms with Crippen molar-refractivity contribution in [2.75, 3.05) is 29.9 Å². The minimum Gasteiger partial charge on any atom is -0.394 e. The summed E-state index contributed by atoms with van der Waals surface area (Å²) in [6.07, 6.45) is 7.01. The van der Waals surface area contributed by atoms with Crippen molar-refractivity contribution in [2.45, 2.75) is 63.3 Å². The number of carbonyl (C=O) groups excluding carboxylic acids is 3. The Morgan fingerprint density at radius 1 is 1.22 bits per heavy atom. The Morgan fingerprint density at radius 3 is 2.80 bits per heavy atom. The number of rotatable bonds is 9. The highest BCUT2D eigenvalue weighted by Gasteiger charge is 2.52. The minimum atomic E-state index is -1.82. The second-order valence-electron chi connectivity index (χ2n) is 11.1. The first-order valence-corrected chi connectivity index (χ1v) is 15.1. The van der Waals surface area contributed by atoms with Crippen molar-refractivity contribution in [3.8, 4) is 0 Å². The first-order chi connectivity index (χ1) is 19.7. The number of amides is 3. The number of nitrogens with zero attached hydrogens (tertiary/aromatic N) is 2. The molecule has 10 heteroatoms. The van der Waals surface area contributed by atoms with Gasteiger partial charge in [0, 0.05) is 34.6 Å². The predicted molar refractivity (Wildman–Crippen MR) is 160 cm³/mol. The van der Waals surface area contributed by atoms with Gasteiger partial charge in [0.15, 0.2) is 5.60 Å². The van der Waals surface area contributed by atoms with Gasteiger partial charge < -0.3 is 30.6 Å². The highest BCUT2D eigenvalue weighted by Crippen LogP contribution is 2.46. The van der Waals surface area contributed by atoms with E-state index in [1.165, 1.54) is 0 Å². The molecule has 2 aromatic rings. The number of hydrogen-bond donors (Lipinski definition) is 4. The molecule has 41 heavy (non-hydrogen) atoms. The van der Waals surface area contributed by atoms with Gasteiger partial charge in [-0.25, -0.2) is 0 Å². The first-order valence-electron chi connectivity index (χ1n) is 14.3. The zero-order valence-electron chi connectivity index (χ0n) is 23.2. The second-order valence-corrected chi connectivity index (χ2v) is 12.1. The van der Waals surface area contributed by atoms with E-state index in [0.717, 1.165) is 42.3 Å². The lowest BCUT2D eigenvalue weighted by atomic mass is 9.83. The average molecular weight is 626 g/mol. The van der Waals surface area contributed by atoms with Crippen molar-refractivity contribution in [1.29, 1.82) is 0 Å². The highest BCUT2D eigenvalue weighted by atomic mass is 79.9. The van der Waals surface area contributed by atoms with E-state index in [-0.39, 0.29) is 43.5 Å². The van der Waals surface area contributed by atoms with E-state index in [1.807, 2.05) is 36.4 Å². The number of benzene rings is 2. The normalized spacial score (nSPS) is 24.7. The molecular formula is C31H37BrN4O5. The quantitative estimate of drug-likeness (QED) is 0.317. The molecule has 0 unspecified atom stereocenters. The maximum absolute atomic E-state index is 13.9. The molecule has 0 bridgehead atoms. The summed E-state index contributed by atoms with van der Waals surface area (Å²) in [5.74, 6) is -1.21. The topological polar surface area (TPSA) is 122 Å². The zero-order valence-corrected chi connectivity index (χ0v) is 24.8. The van der Waals surface area contributed by atoms with Crippen LogP contribution in [0.5, 0.6) is 0 Å². The van der Waals surface area contributed by atoms with Crippen molar-refractivity contribution in [1.82, 2.24) is 10.2 Å². The minimum absolute atomic E-state index is 0.0470. The third-order valence-electron chi connectivity index (χ3n) is 8.43. The van der Waals surface area contributed by atoms with Crippen LogP contribution in [-0.4, -0.2) is 64.6 Å². The van der Waals surface area contributed by atoms with Crippen LogP contribution < -0.4 is 15.5 Å². The molecule has 2 saturated heterocycles. The van der Waals surface area contributed by atoms with Crippen molar-refractivity contribution in [3.05, 3.63) is 70.2 Å². The Hall–Kier alpha value is -3.05. The highest BCUT2D eigenvalue weighted by molar-refractivity contribution is 9.10. The molecule has 4 atom stereocenters. The SMILES string of the molecule is C[C@@H](/C=C/CC(=O)N1CCC[C@H]1CO)[C@]1(O)C(=O)N(Cc2cccc(NC(=O)[C@H]3CCCN3)c2)c2ccc(Br)cc21. The van der Waals surface area contributed by atoms with Crippen LogP contribution in [0.15, 0.2) is 59.1 Å². The summed E-state index contributed by atoms with van der Waals surface area (Å²) in [4.78, 5) is 42.5. The van der Waals surface area contributed by atoms with Gasteiger partial charge >= 0.3 is 0 Å². The number of likely N-dealkylation sites (tertiary alicyclic amines) is 1. The van der Waals surface area contributed by atoms with Gasteiger partial charge in [0.25, 0.3) is 5.91 Å². The molecular weight excluding hydrogens is 588 g/mol. The van der Waals surface area contributed by atoms with E-state index in [1.54, 1.807) is 34.9 Å². The fourth-order valence-electron chi connectivity index (χ4n) is 6.13. The maximum atomic E-state index is 13.9. The third kappa shape index (κ3) is 5.97.